The Kier molecular flexibility index (Phi) is 6.25. The molecular weight excluding hydrogens is 398 g/mol. The van der Waals surface area contributed by atoms with Gasteiger partial charge < -0.3 is 9.47 Å². The van der Waals surface area contributed by atoms with Crippen LogP contribution in [0.5, 0.6) is 11.5 Å². The number of ether oxygens (including phenoxy) is 2. The summed E-state index contributed by atoms with van der Waals surface area (Å²) < 4.78 is 38.2. The van der Waals surface area contributed by atoms with Gasteiger partial charge in [0.15, 0.2) is 0 Å². The number of para-hydroxylation sites is 1. The highest BCUT2D eigenvalue weighted by Gasteiger charge is 2.22. The van der Waals surface area contributed by atoms with Crippen molar-refractivity contribution in [3.8, 4) is 11.5 Å². The van der Waals surface area contributed by atoms with Crippen LogP contribution in [0.25, 0.3) is 10.9 Å². The first-order valence-electron chi connectivity index (χ1n) is 8.71. The Morgan fingerprint density at radius 3 is 2.69 bits per heavy atom. The predicted octanol–water partition coefficient (Wildman–Crippen LogP) is 2.90. The Balaban J connectivity index is 1.61. The zero-order chi connectivity index (χ0) is 20.9. The second kappa shape index (κ2) is 8.84. The van der Waals surface area contributed by atoms with Crippen molar-refractivity contribution in [1.29, 1.82) is 0 Å². The first-order chi connectivity index (χ1) is 13.9. The van der Waals surface area contributed by atoms with Crippen molar-refractivity contribution in [3.05, 3.63) is 64.8 Å². The fourth-order valence-electron chi connectivity index (χ4n) is 2.72. The molecule has 2 aromatic carbocycles. The summed E-state index contributed by atoms with van der Waals surface area (Å²) in [6, 6.07) is 12.8. The summed E-state index contributed by atoms with van der Waals surface area (Å²) in [6.45, 7) is 0.358. The SMILES string of the molecule is COc1ccc([N+](=O)[O-])cc1S(=O)(=O)NCCCOc1cccc2cccnc12. The molecule has 1 N–H and O–H groups in total. The lowest BCUT2D eigenvalue weighted by Gasteiger charge is -2.11. The number of pyridine rings is 1. The molecule has 0 aliphatic carbocycles. The first kappa shape index (κ1) is 20.5. The van der Waals surface area contributed by atoms with Crippen molar-refractivity contribution in [2.45, 2.75) is 11.3 Å². The molecule has 9 nitrogen and oxygen atoms in total. The van der Waals surface area contributed by atoms with E-state index in [9.17, 15) is 18.5 Å². The monoisotopic (exact) mass is 417 g/mol. The summed E-state index contributed by atoms with van der Waals surface area (Å²) in [6.07, 6.45) is 2.06. The lowest BCUT2D eigenvalue weighted by Crippen LogP contribution is -2.26. The van der Waals surface area contributed by atoms with Crippen LogP contribution in [-0.4, -0.2) is 38.6 Å². The number of methoxy groups -OCH3 is 1. The molecule has 152 valence electrons. The van der Waals surface area contributed by atoms with Crippen LogP contribution in [0.4, 0.5) is 5.69 Å². The van der Waals surface area contributed by atoms with Crippen LogP contribution in [0.3, 0.4) is 0 Å². The van der Waals surface area contributed by atoms with Gasteiger partial charge in [0.2, 0.25) is 10.0 Å². The number of nitrogens with zero attached hydrogens (tertiary/aromatic N) is 2. The number of aromatic nitrogens is 1. The number of nitrogens with one attached hydrogen (secondary N) is 1. The van der Waals surface area contributed by atoms with Gasteiger partial charge in [-0.2, -0.15) is 0 Å². The highest BCUT2D eigenvalue weighted by atomic mass is 32.2. The number of nitro benzene ring substituents is 1. The van der Waals surface area contributed by atoms with E-state index in [4.69, 9.17) is 9.47 Å². The maximum absolute atomic E-state index is 12.5. The van der Waals surface area contributed by atoms with Gasteiger partial charge in [-0.3, -0.25) is 15.1 Å². The van der Waals surface area contributed by atoms with Crippen molar-refractivity contribution < 1.29 is 22.8 Å². The largest absolute Gasteiger partial charge is 0.495 e. The third-order valence-electron chi connectivity index (χ3n) is 4.11. The fourth-order valence-corrected chi connectivity index (χ4v) is 3.98. The van der Waals surface area contributed by atoms with Crippen LogP contribution in [0.1, 0.15) is 6.42 Å². The van der Waals surface area contributed by atoms with Crippen LogP contribution >= 0.6 is 0 Å². The molecule has 0 saturated heterocycles. The molecule has 0 aliphatic heterocycles. The molecule has 0 unspecified atom stereocenters. The van der Waals surface area contributed by atoms with Gasteiger partial charge in [-0.25, -0.2) is 13.1 Å². The Labute approximate surface area is 167 Å². The predicted molar refractivity (Wildman–Crippen MR) is 107 cm³/mol. The van der Waals surface area contributed by atoms with Gasteiger partial charge in [-0.1, -0.05) is 18.2 Å². The molecule has 1 aromatic heterocycles. The van der Waals surface area contributed by atoms with Crippen molar-refractivity contribution in [3.63, 3.8) is 0 Å². The average Bonchev–Trinajstić information content (AvgIpc) is 2.73. The van der Waals surface area contributed by atoms with E-state index in [2.05, 4.69) is 9.71 Å². The molecule has 0 fully saturated rings. The van der Waals surface area contributed by atoms with Crippen LogP contribution in [0.15, 0.2) is 59.6 Å². The van der Waals surface area contributed by atoms with E-state index in [0.717, 1.165) is 17.0 Å². The number of hydrogen-bond acceptors (Lipinski definition) is 7. The van der Waals surface area contributed by atoms with E-state index in [1.807, 2.05) is 24.3 Å². The second-order valence-electron chi connectivity index (χ2n) is 6.02. The molecule has 0 bridgehead atoms. The summed E-state index contributed by atoms with van der Waals surface area (Å²) >= 11 is 0. The highest BCUT2D eigenvalue weighted by molar-refractivity contribution is 7.89. The molecule has 0 atom stereocenters. The van der Waals surface area contributed by atoms with Crippen LogP contribution in [-0.2, 0) is 10.0 Å². The Morgan fingerprint density at radius 1 is 1.14 bits per heavy atom. The number of sulfonamides is 1. The van der Waals surface area contributed by atoms with E-state index in [0.29, 0.717) is 12.2 Å². The van der Waals surface area contributed by atoms with Gasteiger partial charge in [-0.05, 0) is 24.6 Å². The molecule has 0 amide bonds. The molecule has 0 spiro atoms. The molecule has 1 heterocycles. The van der Waals surface area contributed by atoms with Gasteiger partial charge in [0.05, 0.1) is 18.6 Å². The van der Waals surface area contributed by atoms with Crippen LogP contribution in [0.2, 0.25) is 0 Å². The topological polar surface area (TPSA) is 121 Å². The Bertz CT molecular complexity index is 1130. The Morgan fingerprint density at radius 2 is 1.93 bits per heavy atom. The molecule has 0 aliphatic rings. The van der Waals surface area contributed by atoms with E-state index in [1.54, 1.807) is 12.3 Å². The summed E-state index contributed by atoms with van der Waals surface area (Å²) in [5.74, 6) is 0.646. The van der Waals surface area contributed by atoms with E-state index in [1.165, 1.54) is 19.2 Å². The standard InChI is InChI=1S/C19H19N3O6S/c1-27-16-9-8-15(22(23)24)13-18(16)29(25,26)21-11-4-12-28-17-7-2-5-14-6-3-10-20-19(14)17/h2-3,5-10,13,21H,4,11-12H2,1H3. The maximum Gasteiger partial charge on any atom is 0.271 e. The number of non-ortho nitro benzene ring substituents is 1. The quantitative estimate of drug-likeness (QED) is 0.323. The minimum Gasteiger partial charge on any atom is -0.495 e. The minimum absolute atomic E-state index is 0.0289. The molecule has 3 aromatic rings. The number of benzene rings is 2. The normalized spacial score (nSPS) is 11.3. The Hall–Kier alpha value is -3.24. The van der Waals surface area contributed by atoms with Gasteiger partial charge in [-0.15, -0.1) is 0 Å². The van der Waals surface area contributed by atoms with Gasteiger partial charge in [0, 0.05) is 30.3 Å². The molecular formula is C19H19N3O6S. The molecule has 0 radical (unpaired) electrons. The zero-order valence-corrected chi connectivity index (χ0v) is 16.4. The van der Waals surface area contributed by atoms with Gasteiger partial charge >= 0.3 is 0 Å². The van der Waals surface area contributed by atoms with Crippen LogP contribution < -0.4 is 14.2 Å². The zero-order valence-electron chi connectivity index (χ0n) is 15.6. The number of rotatable bonds is 9. The minimum atomic E-state index is -3.99. The lowest BCUT2D eigenvalue weighted by atomic mass is 10.2. The fraction of sp³-hybridized carbons (Fsp3) is 0.211. The van der Waals surface area contributed by atoms with Crippen molar-refractivity contribution in [2.24, 2.45) is 0 Å². The van der Waals surface area contributed by atoms with E-state index >= 15 is 0 Å². The maximum atomic E-state index is 12.5. The van der Waals surface area contributed by atoms with Gasteiger partial charge in [0.25, 0.3) is 5.69 Å². The summed E-state index contributed by atoms with van der Waals surface area (Å²) in [5, 5.41) is 11.9. The van der Waals surface area contributed by atoms with Gasteiger partial charge in [0.1, 0.15) is 21.9 Å². The first-order valence-corrected chi connectivity index (χ1v) is 10.2. The summed E-state index contributed by atoms with van der Waals surface area (Å²) in [4.78, 5) is 14.3. The number of nitro groups is 1. The third-order valence-corrected chi connectivity index (χ3v) is 5.60. The van der Waals surface area contributed by atoms with E-state index < -0.39 is 14.9 Å². The molecule has 0 saturated carbocycles. The third kappa shape index (κ3) is 4.79. The summed E-state index contributed by atoms with van der Waals surface area (Å²) in [5.41, 5.74) is 0.398. The number of fused-ring (bicyclic) bond motifs is 1. The number of hydrogen-bond donors (Lipinski definition) is 1. The molecule has 10 heteroatoms. The highest BCUT2D eigenvalue weighted by Crippen LogP contribution is 2.28. The smallest absolute Gasteiger partial charge is 0.271 e. The van der Waals surface area contributed by atoms with Crippen molar-refractivity contribution >= 4 is 26.6 Å². The van der Waals surface area contributed by atoms with Crippen LogP contribution in [0, 0.1) is 10.1 Å². The molecule has 29 heavy (non-hydrogen) atoms. The van der Waals surface area contributed by atoms with E-state index in [-0.39, 0.29) is 29.5 Å². The summed E-state index contributed by atoms with van der Waals surface area (Å²) in [7, 11) is -2.69. The molecule has 3 rings (SSSR count). The lowest BCUT2D eigenvalue weighted by molar-refractivity contribution is -0.385. The van der Waals surface area contributed by atoms with Crippen molar-refractivity contribution in [1.82, 2.24) is 9.71 Å². The average molecular weight is 417 g/mol. The second-order valence-corrected chi connectivity index (χ2v) is 7.76. The van der Waals surface area contributed by atoms with Crippen molar-refractivity contribution in [2.75, 3.05) is 20.3 Å².